The summed E-state index contributed by atoms with van der Waals surface area (Å²) in [4.78, 5) is 24.6. The van der Waals surface area contributed by atoms with Crippen LogP contribution in [-0.2, 0) is 9.59 Å². The Morgan fingerprint density at radius 2 is 1.88 bits per heavy atom. The lowest BCUT2D eigenvalue weighted by Gasteiger charge is -2.57. The summed E-state index contributed by atoms with van der Waals surface area (Å²) < 4.78 is 0. The molecule has 0 aliphatic heterocycles. The highest BCUT2D eigenvalue weighted by Gasteiger charge is 2.69. The zero-order chi connectivity index (χ0) is 18.6. The van der Waals surface area contributed by atoms with Crippen LogP contribution >= 0.6 is 11.6 Å². The number of allylic oxidation sites excluding steroid dienone is 4. The molecule has 0 aromatic rings. The summed E-state index contributed by atoms with van der Waals surface area (Å²) in [5.74, 6) is 1.78. The van der Waals surface area contributed by atoms with Crippen LogP contribution in [0.25, 0.3) is 0 Å². The molecule has 0 amide bonds. The van der Waals surface area contributed by atoms with Gasteiger partial charge in [-0.25, -0.2) is 0 Å². The van der Waals surface area contributed by atoms with Crippen LogP contribution in [0.15, 0.2) is 22.8 Å². The molecule has 3 saturated carbocycles. The van der Waals surface area contributed by atoms with Crippen LogP contribution in [0.5, 0.6) is 0 Å². The number of halogens is 1. The fraction of sp³-hybridized carbons (Fsp3) is 0.727. The monoisotopic (exact) mass is 374 g/mol. The molecule has 0 unspecified atom stereocenters. The number of carbonyl (C=O) groups excluding carboxylic acids is 2. The van der Waals surface area contributed by atoms with E-state index in [0.717, 1.165) is 36.3 Å². The van der Waals surface area contributed by atoms with Crippen LogP contribution < -0.4 is 0 Å². The molecule has 5 aliphatic rings. The standard InChI is InChI=1S/C22H27ClO3/c1-11(24)22(26)7-5-14-12-9-18(23)17-10-19(25)13-8-16(13)21(17,3)15(12)4-6-20(14,22)2/h9-10,12-16,26H,4-8H2,1-3H3/t12-,13+,14+,15-,16-,20+,21-,22-/m0/s1. The van der Waals surface area contributed by atoms with E-state index in [4.69, 9.17) is 11.6 Å². The third-order valence-corrected chi connectivity index (χ3v) is 9.56. The molecule has 0 aromatic carbocycles. The molecule has 3 nitrogen and oxygen atoms in total. The zero-order valence-electron chi connectivity index (χ0n) is 15.7. The van der Waals surface area contributed by atoms with Gasteiger partial charge in [-0.2, -0.15) is 0 Å². The molecule has 5 aliphatic carbocycles. The third-order valence-electron chi connectivity index (χ3n) is 9.23. The Morgan fingerprint density at radius 3 is 2.58 bits per heavy atom. The molecule has 1 N–H and O–H groups in total. The van der Waals surface area contributed by atoms with E-state index in [-0.39, 0.29) is 40.2 Å². The van der Waals surface area contributed by atoms with E-state index in [1.54, 1.807) is 0 Å². The topological polar surface area (TPSA) is 54.4 Å². The molecule has 140 valence electrons. The van der Waals surface area contributed by atoms with Gasteiger partial charge < -0.3 is 5.11 Å². The van der Waals surface area contributed by atoms with Crippen molar-refractivity contribution in [3.8, 4) is 0 Å². The van der Waals surface area contributed by atoms with E-state index in [9.17, 15) is 14.7 Å². The van der Waals surface area contributed by atoms with E-state index in [0.29, 0.717) is 18.3 Å². The van der Waals surface area contributed by atoms with Crippen molar-refractivity contribution in [2.75, 3.05) is 0 Å². The molecule has 0 spiro atoms. The lowest BCUT2D eigenvalue weighted by molar-refractivity contribution is -0.157. The van der Waals surface area contributed by atoms with Crippen LogP contribution in [-0.4, -0.2) is 22.3 Å². The predicted molar refractivity (Wildman–Crippen MR) is 99.4 cm³/mol. The lowest BCUT2D eigenvalue weighted by atomic mass is 9.47. The van der Waals surface area contributed by atoms with Crippen molar-refractivity contribution in [1.29, 1.82) is 0 Å². The summed E-state index contributed by atoms with van der Waals surface area (Å²) in [5, 5.41) is 11.9. The first-order valence-electron chi connectivity index (χ1n) is 10.0. The number of hydrogen-bond acceptors (Lipinski definition) is 3. The maximum atomic E-state index is 12.3. The first kappa shape index (κ1) is 17.2. The Hall–Kier alpha value is -0.930. The molecule has 0 aromatic heterocycles. The van der Waals surface area contributed by atoms with E-state index in [1.807, 2.05) is 6.08 Å². The summed E-state index contributed by atoms with van der Waals surface area (Å²) in [7, 11) is 0. The van der Waals surface area contributed by atoms with E-state index in [2.05, 4.69) is 19.9 Å². The molecule has 8 atom stereocenters. The minimum absolute atomic E-state index is 0.0344. The van der Waals surface area contributed by atoms with Gasteiger partial charge in [-0.15, -0.1) is 0 Å². The SMILES string of the molecule is CC(=O)[C@@]1(O)CC[C@@H]2[C@@H]3C=C(Cl)C4=CC(=O)[C@@H]5C[C@@H]5[C@]4(C)[C@H]3CC[C@]21C. The smallest absolute Gasteiger partial charge is 0.161 e. The van der Waals surface area contributed by atoms with Crippen LogP contribution in [0.1, 0.15) is 52.9 Å². The van der Waals surface area contributed by atoms with E-state index >= 15 is 0 Å². The molecule has 3 fully saturated rings. The number of aliphatic hydroxyl groups is 1. The van der Waals surface area contributed by atoms with Crippen LogP contribution in [0.2, 0.25) is 0 Å². The quantitative estimate of drug-likeness (QED) is 0.753. The highest BCUT2D eigenvalue weighted by atomic mass is 35.5. The van der Waals surface area contributed by atoms with Crippen LogP contribution in [0, 0.1) is 40.4 Å². The molecular formula is C22H27ClO3. The van der Waals surface area contributed by atoms with E-state index < -0.39 is 5.60 Å². The first-order valence-corrected chi connectivity index (χ1v) is 10.4. The summed E-state index contributed by atoms with van der Waals surface area (Å²) in [6.45, 7) is 5.97. The minimum atomic E-state index is -1.20. The second kappa shape index (κ2) is 4.91. The lowest BCUT2D eigenvalue weighted by Crippen LogP contribution is -2.56. The normalized spacial score (nSPS) is 54.3. The van der Waals surface area contributed by atoms with Gasteiger partial charge in [-0.1, -0.05) is 31.5 Å². The number of ketones is 2. The Bertz CT molecular complexity index is 797. The van der Waals surface area contributed by atoms with Gasteiger partial charge in [0.25, 0.3) is 0 Å². The van der Waals surface area contributed by atoms with E-state index in [1.165, 1.54) is 6.92 Å². The Balaban J connectivity index is 1.62. The molecule has 5 rings (SSSR count). The summed E-state index contributed by atoms with van der Waals surface area (Å²) in [6, 6.07) is 0. The van der Waals surface area contributed by atoms with Gasteiger partial charge in [0.05, 0.1) is 0 Å². The van der Waals surface area contributed by atoms with Gasteiger partial charge in [0.15, 0.2) is 11.6 Å². The average molecular weight is 375 g/mol. The fourth-order valence-electron chi connectivity index (χ4n) is 7.56. The number of rotatable bonds is 1. The molecule has 0 heterocycles. The Labute approximate surface area is 159 Å². The van der Waals surface area contributed by atoms with Crippen molar-refractivity contribution in [2.45, 2.75) is 58.5 Å². The van der Waals surface area contributed by atoms with Gasteiger partial charge >= 0.3 is 0 Å². The third kappa shape index (κ3) is 1.75. The van der Waals surface area contributed by atoms with Gasteiger partial charge in [-0.3, -0.25) is 9.59 Å². The second-order valence-corrected chi connectivity index (χ2v) is 10.3. The fourth-order valence-corrected chi connectivity index (χ4v) is 7.96. The van der Waals surface area contributed by atoms with Crippen molar-refractivity contribution < 1.29 is 14.7 Å². The van der Waals surface area contributed by atoms with Crippen molar-refractivity contribution in [3.05, 3.63) is 22.8 Å². The van der Waals surface area contributed by atoms with Crippen molar-refractivity contribution in [1.82, 2.24) is 0 Å². The van der Waals surface area contributed by atoms with Crippen molar-refractivity contribution >= 4 is 23.2 Å². The summed E-state index contributed by atoms with van der Waals surface area (Å²) in [5.41, 5.74) is -0.566. The van der Waals surface area contributed by atoms with Crippen molar-refractivity contribution in [3.63, 3.8) is 0 Å². The molecule has 4 heteroatoms. The number of hydrogen-bond donors (Lipinski definition) is 1. The molecule has 0 saturated heterocycles. The second-order valence-electron chi connectivity index (χ2n) is 9.91. The van der Waals surface area contributed by atoms with Gasteiger partial charge in [0.2, 0.25) is 0 Å². The number of Topliss-reactive ketones (excluding diaryl/α,β-unsaturated/α-hetero) is 1. The predicted octanol–water partition coefficient (Wildman–Crippen LogP) is 4.04. The van der Waals surface area contributed by atoms with Crippen LogP contribution in [0.3, 0.4) is 0 Å². The number of fused-ring (bicyclic) bond motifs is 7. The van der Waals surface area contributed by atoms with Gasteiger partial charge in [-0.05, 0) is 74.3 Å². The zero-order valence-corrected chi connectivity index (χ0v) is 16.5. The molecular weight excluding hydrogens is 348 g/mol. The van der Waals surface area contributed by atoms with Gasteiger partial charge in [0.1, 0.15) is 5.60 Å². The highest BCUT2D eigenvalue weighted by Crippen LogP contribution is 2.72. The maximum absolute atomic E-state index is 12.3. The van der Waals surface area contributed by atoms with Crippen LogP contribution in [0.4, 0.5) is 0 Å². The molecule has 0 radical (unpaired) electrons. The number of carbonyl (C=O) groups is 2. The van der Waals surface area contributed by atoms with Gasteiger partial charge in [0, 0.05) is 21.8 Å². The molecule has 0 bridgehead atoms. The summed E-state index contributed by atoms with van der Waals surface area (Å²) in [6.07, 6.45) is 8.25. The largest absolute Gasteiger partial charge is 0.382 e. The first-order chi connectivity index (χ1) is 12.1. The highest BCUT2D eigenvalue weighted by molar-refractivity contribution is 6.32. The average Bonchev–Trinajstić information content (AvgIpc) is 3.33. The van der Waals surface area contributed by atoms with Crippen molar-refractivity contribution in [2.24, 2.45) is 40.4 Å². The summed E-state index contributed by atoms with van der Waals surface area (Å²) >= 11 is 6.73. The Kier molecular flexibility index (Phi) is 3.25. The minimum Gasteiger partial charge on any atom is -0.382 e. The molecule has 26 heavy (non-hydrogen) atoms. The maximum Gasteiger partial charge on any atom is 0.161 e. The Morgan fingerprint density at radius 1 is 1.19 bits per heavy atom.